The molecule has 1 aromatic heterocycles. The number of carbonyl (C=O) groups excluding carboxylic acids is 1. The van der Waals surface area contributed by atoms with Crippen molar-refractivity contribution in [1.29, 1.82) is 0 Å². The zero-order chi connectivity index (χ0) is 10.6. The lowest BCUT2D eigenvalue weighted by Crippen LogP contribution is -2.24. The molecule has 4 nitrogen and oxygen atoms in total. The molecule has 0 spiro atoms. The maximum atomic E-state index is 11.6. The van der Waals surface area contributed by atoms with Crippen LogP contribution in [0.4, 0.5) is 5.82 Å². The van der Waals surface area contributed by atoms with Crippen LogP contribution in [0, 0.1) is 6.92 Å². The first kappa shape index (κ1) is 11.1. The summed E-state index contributed by atoms with van der Waals surface area (Å²) in [6.45, 7) is 3.77. The molecule has 1 atom stereocenters. The topological polar surface area (TPSA) is 55.1 Å². The molecule has 14 heavy (non-hydrogen) atoms. The maximum absolute atomic E-state index is 11.6. The Bertz CT molecular complexity index is 308. The summed E-state index contributed by atoms with van der Waals surface area (Å²) in [5.41, 5.74) is 0. The number of anilines is 1. The highest BCUT2D eigenvalue weighted by Gasteiger charge is 2.15. The molecule has 0 saturated heterocycles. The number of aryl methyl sites for hydroxylation is 1. The number of hydrogen-bond donors (Lipinski definition) is 1. The molecule has 0 saturated carbocycles. The fourth-order valence-electron chi connectivity index (χ4n) is 1.09. The molecule has 1 rings (SSSR count). The Labute approximate surface area is 87.4 Å². The molecule has 0 fully saturated rings. The van der Waals surface area contributed by atoms with Gasteiger partial charge in [-0.3, -0.25) is 4.79 Å². The quantitative estimate of drug-likeness (QED) is 0.833. The summed E-state index contributed by atoms with van der Waals surface area (Å²) < 4.78 is 4.84. The molecule has 1 aromatic rings. The Morgan fingerprint density at radius 2 is 2.50 bits per heavy atom. The van der Waals surface area contributed by atoms with Crippen LogP contribution in [0.3, 0.4) is 0 Å². The molecule has 0 unspecified atom stereocenters. The Balaban J connectivity index is 2.56. The first-order chi connectivity index (χ1) is 6.67. The van der Waals surface area contributed by atoms with E-state index >= 15 is 0 Å². The highest BCUT2D eigenvalue weighted by Crippen LogP contribution is 2.14. The molecule has 0 aliphatic carbocycles. The van der Waals surface area contributed by atoms with Crippen LogP contribution in [-0.2, 0) is 4.79 Å². The number of rotatable bonds is 4. The maximum Gasteiger partial charge on any atom is 0.238 e. The van der Waals surface area contributed by atoms with Crippen molar-refractivity contribution in [3.05, 3.63) is 11.8 Å². The number of thioether (sulfide) groups is 1. The number of amides is 1. The van der Waals surface area contributed by atoms with E-state index in [0.29, 0.717) is 11.6 Å². The van der Waals surface area contributed by atoms with E-state index in [1.165, 1.54) is 11.8 Å². The van der Waals surface area contributed by atoms with Gasteiger partial charge in [0.2, 0.25) is 5.91 Å². The van der Waals surface area contributed by atoms with Gasteiger partial charge in [0.05, 0.1) is 5.25 Å². The average molecular weight is 214 g/mol. The van der Waals surface area contributed by atoms with E-state index in [1.807, 2.05) is 13.2 Å². The lowest BCUT2D eigenvalue weighted by atomic mass is 10.3. The van der Waals surface area contributed by atoms with Gasteiger partial charge in [0, 0.05) is 6.07 Å². The van der Waals surface area contributed by atoms with Gasteiger partial charge in [0.1, 0.15) is 5.76 Å². The van der Waals surface area contributed by atoms with Gasteiger partial charge in [-0.2, -0.15) is 11.8 Å². The number of aromatic nitrogens is 1. The predicted molar refractivity (Wildman–Crippen MR) is 57.5 cm³/mol. The summed E-state index contributed by atoms with van der Waals surface area (Å²) in [7, 11) is 0. The molecule has 1 amide bonds. The fraction of sp³-hybridized carbons (Fsp3) is 0.556. The average Bonchev–Trinajstić information content (AvgIpc) is 2.53. The third kappa shape index (κ3) is 2.77. The molecule has 0 radical (unpaired) electrons. The minimum absolute atomic E-state index is 0.0201. The summed E-state index contributed by atoms with van der Waals surface area (Å²) in [5, 5.41) is 6.37. The van der Waals surface area contributed by atoms with Gasteiger partial charge >= 0.3 is 0 Å². The van der Waals surface area contributed by atoms with E-state index in [2.05, 4.69) is 10.5 Å². The van der Waals surface area contributed by atoms with E-state index in [4.69, 9.17) is 4.52 Å². The van der Waals surface area contributed by atoms with Crippen LogP contribution in [0.25, 0.3) is 0 Å². The standard InChI is InChI=1S/C9H14N2O2S/c1-4-7(14-3)9(12)10-8-5-6(2)13-11-8/h5,7H,4H2,1-3H3,(H,10,11,12)/t7-/m0/s1. The third-order valence-electron chi connectivity index (χ3n) is 1.83. The summed E-state index contributed by atoms with van der Waals surface area (Å²) in [5.74, 6) is 1.16. The van der Waals surface area contributed by atoms with Crippen molar-refractivity contribution < 1.29 is 9.32 Å². The van der Waals surface area contributed by atoms with E-state index in [1.54, 1.807) is 13.0 Å². The fourth-order valence-corrected chi connectivity index (χ4v) is 1.70. The van der Waals surface area contributed by atoms with Crippen molar-refractivity contribution in [3.63, 3.8) is 0 Å². The first-order valence-electron chi connectivity index (χ1n) is 4.44. The number of nitrogens with zero attached hydrogens (tertiary/aromatic N) is 1. The summed E-state index contributed by atoms with van der Waals surface area (Å²) in [6.07, 6.45) is 2.73. The van der Waals surface area contributed by atoms with Gasteiger partial charge in [-0.05, 0) is 19.6 Å². The summed E-state index contributed by atoms with van der Waals surface area (Å²) in [4.78, 5) is 11.6. The van der Waals surface area contributed by atoms with Gasteiger partial charge in [-0.25, -0.2) is 0 Å². The molecule has 1 heterocycles. The Hall–Kier alpha value is -0.970. The van der Waals surface area contributed by atoms with Crippen LogP contribution in [0.15, 0.2) is 10.6 Å². The second-order valence-corrected chi connectivity index (χ2v) is 3.99. The van der Waals surface area contributed by atoms with E-state index in [0.717, 1.165) is 6.42 Å². The zero-order valence-corrected chi connectivity index (χ0v) is 9.35. The molecule has 0 aromatic carbocycles. The van der Waals surface area contributed by atoms with Gasteiger partial charge in [-0.1, -0.05) is 12.1 Å². The second kappa shape index (κ2) is 5.05. The van der Waals surface area contributed by atoms with E-state index in [9.17, 15) is 4.79 Å². The van der Waals surface area contributed by atoms with Gasteiger partial charge < -0.3 is 9.84 Å². The lowest BCUT2D eigenvalue weighted by molar-refractivity contribution is -0.115. The SMILES string of the molecule is CC[C@H](SC)C(=O)Nc1cc(C)on1. The number of hydrogen-bond acceptors (Lipinski definition) is 4. The molecule has 78 valence electrons. The van der Waals surface area contributed by atoms with Crippen LogP contribution in [-0.4, -0.2) is 22.6 Å². The highest BCUT2D eigenvalue weighted by molar-refractivity contribution is 7.99. The van der Waals surface area contributed by atoms with Gasteiger partial charge in [0.15, 0.2) is 5.82 Å². The van der Waals surface area contributed by atoms with Gasteiger partial charge in [0.25, 0.3) is 0 Å². The second-order valence-electron chi connectivity index (χ2n) is 2.94. The molecule has 0 aliphatic rings. The predicted octanol–water partition coefficient (Wildman–Crippen LogP) is 2.06. The molecule has 1 N–H and O–H groups in total. The van der Waals surface area contributed by atoms with Crippen LogP contribution in [0.1, 0.15) is 19.1 Å². The Kier molecular flexibility index (Phi) is 4.00. The smallest absolute Gasteiger partial charge is 0.238 e. The normalized spacial score (nSPS) is 12.5. The van der Waals surface area contributed by atoms with Crippen molar-refractivity contribution in [3.8, 4) is 0 Å². The van der Waals surface area contributed by atoms with E-state index in [-0.39, 0.29) is 11.2 Å². The minimum atomic E-state index is -0.0213. The Morgan fingerprint density at radius 3 is 2.93 bits per heavy atom. The zero-order valence-electron chi connectivity index (χ0n) is 8.53. The van der Waals surface area contributed by atoms with Gasteiger partial charge in [-0.15, -0.1) is 0 Å². The first-order valence-corrected chi connectivity index (χ1v) is 5.73. The summed E-state index contributed by atoms with van der Waals surface area (Å²) in [6, 6.07) is 1.70. The molecular weight excluding hydrogens is 200 g/mol. The molecule has 5 heteroatoms. The van der Waals surface area contributed by atoms with Crippen LogP contribution in [0.2, 0.25) is 0 Å². The number of nitrogens with one attached hydrogen (secondary N) is 1. The Morgan fingerprint density at radius 1 is 1.79 bits per heavy atom. The lowest BCUT2D eigenvalue weighted by Gasteiger charge is -2.09. The highest BCUT2D eigenvalue weighted by atomic mass is 32.2. The van der Waals surface area contributed by atoms with Crippen LogP contribution < -0.4 is 5.32 Å². The monoisotopic (exact) mass is 214 g/mol. The summed E-state index contributed by atoms with van der Waals surface area (Å²) >= 11 is 1.53. The molecule has 0 aliphatic heterocycles. The van der Waals surface area contributed by atoms with Crippen molar-refractivity contribution in [2.24, 2.45) is 0 Å². The van der Waals surface area contributed by atoms with Crippen LogP contribution in [0.5, 0.6) is 0 Å². The van der Waals surface area contributed by atoms with Crippen molar-refractivity contribution in [1.82, 2.24) is 5.16 Å². The van der Waals surface area contributed by atoms with E-state index < -0.39 is 0 Å². The third-order valence-corrected chi connectivity index (χ3v) is 2.94. The minimum Gasteiger partial charge on any atom is -0.360 e. The molecular formula is C9H14N2O2S. The van der Waals surface area contributed by atoms with Crippen molar-refractivity contribution in [2.45, 2.75) is 25.5 Å². The largest absolute Gasteiger partial charge is 0.360 e. The molecule has 0 bridgehead atoms. The van der Waals surface area contributed by atoms with Crippen LogP contribution >= 0.6 is 11.8 Å². The van der Waals surface area contributed by atoms with Crippen molar-refractivity contribution >= 4 is 23.5 Å². The number of carbonyl (C=O) groups is 1. The van der Waals surface area contributed by atoms with Crippen molar-refractivity contribution in [2.75, 3.05) is 11.6 Å².